The van der Waals surface area contributed by atoms with Crippen LogP contribution in [-0.4, -0.2) is 25.8 Å². The lowest BCUT2D eigenvalue weighted by Gasteiger charge is -2.09. The molecule has 7 heteroatoms. The van der Waals surface area contributed by atoms with Crippen LogP contribution < -0.4 is 4.74 Å². The summed E-state index contributed by atoms with van der Waals surface area (Å²) in [6, 6.07) is 3.19. The minimum absolute atomic E-state index is 0.119. The van der Waals surface area contributed by atoms with Crippen molar-refractivity contribution >= 4 is 17.6 Å². The van der Waals surface area contributed by atoms with E-state index in [0.29, 0.717) is 11.6 Å². The van der Waals surface area contributed by atoms with Crippen molar-refractivity contribution in [3.63, 3.8) is 0 Å². The predicted molar refractivity (Wildman–Crippen MR) is 77.8 cm³/mol. The third-order valence-corrected chi connectivity index (χ3v) is 3.47. The Balaban J connectivity index is 2.25. The molecule has 6 nitrogen and oxygen atoms in total. The maximum absolute atomic E-state index is 11.1. The standard InChI is InChI=1S/C14H16ClN3O3/c1-3-9-12(15)10(18(4-2)17-9)8-21-11-6-5-7-16-13(11)14(19)20/h5-7H,3-4,8H2,1-2H3,(H,19,20). The predicted octanol–water partition coefficient (Wildman–Crippen LogP) is 2.79. The topological polar surface area (TPSA) is 77.2 Å². The summed E-state index contributed by atoms with van der Waals surface area (Å²) >= 11 is 6.28. The molecule has 0 aliphatic carbocycles. The van der Waals surface area contributed by atoms with Crippen LogP contribution in [0.4, 0.5) is 0 Å². The van der Waals surface area contributed by atoms with E-state index in [9.17, 15) is 4.79 Å². The average Bonchev–Trinajstić information content (AvgIpc) is 2.80. The molecule has 21 heavy (non-hydrogen) atoms. The molecule has 2 aromatic rings. The van der Waals surface area contributed by atoms with Gasteiger partial charge in [0, 0.05) is 12.7 Å². The summed E-state index contributed by atoms with van der Waals surface area (Å²) in [6.45, 7) is 4.74. The van der Waals surface area contributed by atoms with E-state index in [4.69, 9.17) is 21.4 Å². The lowest BCUT2D eigenvalue weighted by molar-refractivity contribution is 0.0684. The van der Waals surface area contributed by atoms with Crippen molar-refractivity contribution < 1.29 is 14.6 Å². The van der Waals surface area contributed by atoms with Crippen LogP contribution in [0, 0.1) is 0 Å². The summed E-state index contributed by atoms with van der Waals surface area (Å²) in [4.78, 5) is 14.9. The molecule has 0 aromatic carbocycles. The van der Waals surface area contributed by atoms with Crippen LogP contribution in [0.2, 0.25) is 5.02 Å². The fourth-order valence-electron chi connectivity index (χ4n) is 1.97. The van der Waals surface area contributed by atoms with E-state index < -0.39 is 5.97 Å². The first kappa shape index (κ1) is 15.3. The highest BCUT2D eigenvalue weighted by Crippen LogP contribution is 2.24. The quantitative estimate of drug-likeness (QED) is 0.887. The molecule has 0 atom stereocenters. The Labute approximate surface area is 127 Å². The number of nitrogens with zero attached hydrogens (tertiary/aromatic N) is 3. The van der Waals surface area contributed by atoms with Gasteiger partial charge in [0.05, 0.1) is 16.4 Å². The third-order valence-electron chi connectivity index (χ3n) is 3.03. The molecule has 0 spiro atoms. The number of aromatic nitrogens is 3. The second-order valence-corrected chi connectivity index (χ2v) is 4.70. The molecule has 0 aliphatic heterocycles. The normalized spacial score (nSPS) is 10.6. The van der Waals surface area contributed by atoms with E-state index >= 15 is 0 Å². The van der Waals surface area contributed by atoms with Gasteiger partial charge in [-0.15, -0.1) is 0 Å². The Morgan fingerprint density at radius 1 is 1.48 bits per heavy atom. The first-order valence-electron chi connectivity index (χ1n) is 6.63. The summed E-state index contributed by atoms with van der Waals surface area (Å²) in [6.07, 6.45) is 2.14. The van der Waals surface area contributed by atoms with Crippen LogP contribution in [0.15, 0.2) is 18.3 Å². The summed E-state index contributed by atoms with van der Waals surface area (Å²) in [7, 11) is 0. The Morgan fingerprint density at radius 2 is 2.24 bits per heavy atom. The maximum Gasteiger partial charge on any atom is 0.358 e. The zero-order valence-electron chi connectivity index (χ0n) is 11.8. The van der Waals surface area contributed by atoms with Crippen molar-refractivity contribution in [3.05, 3.63) is 40.4 Å². The number of hydrogen-bond donors (Lipinski definition) is 1. The van der Waals surface area contributed by atoms with Gasteiger partial charge in [0.15, 0.2) is 11.4 Å². The van der Waals surface area contributed by atoms with Gasteiger partial charge in [0.1, 0.15) is 6.61 Å². The molecule has 0 fully saturated rings. The zero-order chi connectivity index (χ0) is 15.4. The number of ether oxygens (including phenoxy) is 1. The Hall–Kier alpha value is -2.08. The number of rotatable bonds is 6. The number of pyridine rings is 1. The number of carboxylic acid groups (broad SMARTS) is 1. The highest BCUT2D eigenvalue weighted by atomic mass is 35.5. The molecular weight excluding hydrogens is 294 g/mol. The molecule has 0 unspecified atom stereocenters. The molecule has 0 saturated heterocycles. The van der Waals surface area contributed by atoms with Crippen molar-refractivity contribution in [3.8, 4) is 5.75 Å². The number of carbonyl (C=O) groups is 1. The van der Waals surface area contributed by atoms with E-state index in [1.807, 2.05) is 13.8 Å². The molecule has 0 radical (unpaired) electrons. The molecule has 2 rings (SSSR count). The molecule has 2 heterocycles. The van der Waals surface area contributed by atoms with Crippen LogP contribution >= 0.6 is 11.6 Å². The maximum atomic E-state index is 11.1. The van der Waals surface area contributed by atoms with Crippen molar-refractivity contribution in [1.29, 1.82) is 0 Å². The third kappa shape index (κ3) is 3.16. The number of hydrogen-bond acceptors (Lipinski definition) is 4. The van der Waals surface area contributed by atoms with Gasteiger partial charge in [-0.25, -0.2) is 9.78 Å². The second kappa shape index (κ2) is 6.58. The SMILES string of the molecule is CCc1nn(CC)c(COc2cccnc2C(=O)O)c1Cl. The van der Waals surface area contributed by atoms with E-state index in [0.717, 1.165) is 17.8 Å². The van der Waals surface area contributed by atoms with Gasteiger partial charge < -0.3 is 9.84 Å². The fraction of sp³-hybridized carbons (Fsp3) is 0.357. The van der Waals surface area contributed by atoms with Gasteiger partial charge in [-0.05, 0) is 25.5 Å². The molecule has 2 aromatic heterocycles. The number of aromatic carboxylic acids is 1. The van der Waals surface area contributed by atoms with E-state index in [1.54, 1.807) is 16.8 Å². The smallest absolute Gasteiger partial charge is 0.358 e. The molecule has 0 saturated carbocycles. The van der Waals surface area contributed by atoms with Gasteiger partial charge in [0.25, 0.3) is 0 Å². The van der Waals surface area contributed by atoms with Crippen LogP contribution in [0.1, 0.15) is 35.7 Å². The van der Waals surface area contributed by atoms with Crippen LogP contribution in [0.3, 0.4) is 0 Å². The van der Waals surface area contributed by atoms with Gasteiger partial charge in [-0.1, -0.05) is 18.5 Å². The molecule has 0 aliphatic rings. The number of aryl methyl sites for hydroxylation is 2. The first-order valence-corrected chi connectivity index (χ1v) is 7.01. The highest BCUT2D eigenvalue weighted by molar-refractivity contribution is 6.31. The summed E-state index contributed by atoms with van der Waals surface area (Å²) in [5.41, 5.74) is 1.42. The molecule has 1 N–H and O–H groups in total. The minimum atomic E-state index is -1.13. The van der Waals surface area contributed by atoms with Crippen molar-refractivity contribution in [2.75, 3.05) is 0 Å². The summed E-state index contributed by atoms with van der Waals surface area (Å²) in [5.74, 6) is -0.919. The minimum Gasteiger partial charge on any atom is -0.485 e. The van der Waals surface area contributed by atoms with Gasteiger partial charge >= 0.3 is 5.97 Å². The van der Waals surface area contributed by atoms with Gasteiger partial charge in [-0.2, -0.15) is 5.10 Å². The molecule has 0 bridgehead atoms. The summed E-state index contributed by atoms with van der Waals surface area (Å²) < 4.78 is 7.34. The fourth-order valence-corrected chi connectivity index (χ4v) is 2.29. The van der Waals surface area contributed by atoms with E-state index in [-0.39, 0.29) is 18.1 Å². The monoisotopic (exact) mass is 309 g/mol. The molecule has 112 valence electrons. The molecule has 0 amide bonds. The number of halogens is 1. The average molecular weight is 310 g/mol. The van der Waals surface area contributed by atoms with Gasteiger partial charge in [-0.3, -0.25) is 4.68 Å². The largest absolute Gasteiger partial charge is 0.485 e. The molecular formula is C14H16ClN3O3. The Morgan fingerprint density at radius 3 is 2.86 bits per heavy atom. The van der Waals surface area contributed by atoms with Crippen molar-refractivity contribution in [2.24, 2.45) is 0 Å². The van der Waals surface area contributed by atoms with Crippen LogP contribution in [-0.2, 0) is 19.6 Å². The van der Waals surface area contributed by atoms with Crippen molar-refractivity contribution in [1.82, 2.24) is 14.8 Å². The Bertz CT molecular complexity index is 655. The second-order valence-electron chi connectivity index (χ2n) is 4.32. The van der Waals surface area contributed by atoms with E-state index in [1.165, 1.54) is 6.20 Å². The van der Waals surface area contributed by atoms with Crippen LogP contribution in [0.5, 0.6) is 5.75 Å². The lowest BCUT2D eigenvalue weighted by Crippen LogP contribution is -2.09. The lowest BCUT2D eigenvalue weighted by atomic mass is 10.3. The van der Waals surface area contributed by atoms with E-state index in [2.05, 4.69) is 10.1 Å². The van der Waals surface area contributed by atoms with Crippen molar-refractivity contribution in [2.45, 2.75) is 33.4 Å². The summed E-state index contributed by atoms with van der Waals surface area (Å²) in [5, 5.41) is 14.0. The zero-order valence-corrected chi connectivity index (χ0v) is 12.6. The van der Waals surface area contributed by atoms with Gasteiger partial charge in [0.2, 0.25) is 0 Å². The van der Waals surface area contributed by atoms with Crippen LogP contribution in [0.25, 0.3) is 0 Å². The first-order chi connectivity index (χ1) is 10.1. The highest BCUT2D eigenvalue weighted by Gasteiger charge is 2.17. The Kier molecular flexibility index (Phi) is 4.80. The number of carboxylic acids is 1.